The monoisotopic (exact) mass is 608 g/mol. The van der Waals surface area contributed by atoms with Gasteiger partial charge in [-0.25, -0.2) is 0 Å². The molecule has 3 heterocycles. The molecule has 0 spiro atoms. The second-order valence-corrected chi connectivity index (χ2v) is 15.3. The number of rotatable bonds is 0. The van der Waals surface area contributed by atoms with E-state index in [1.165, 1.54) is 20.9 Å². The Labute approximate surface area is 266 Å². The number of thioether (sulfide) groups is 2. The third-order valence-electron chi connectivity index (χ3n) is 8.88. The van der Waals surface area contributed by atoms with Crippen LogP contribution in [0.25, 0.3) is 0 Å². The van der Waals surface area contributed by atoms with E-state index in [-0.39, 0.29) is 62.1 Å². The van der Waals surface area contributed by atoms with Crippen LogP contribution in [-0.4, -0.2) is 26.8 Å². The molecular weight excluding hydrogens is 541 g/mol. The molecule has 0 aromatic heterocycles. The largest absolute Gasteiger partial charge is 0.392 e. The van der Waals surface area contributed by atoms with Crippen molar-refractivity contribution < 1.29 is 9.84 Å². The van der Waals surface area contributed by atoms with Crippen molar-refractivity contribution in [3.63, 3.8) is 0 Å². The van der Waals surface area contributed by atoms with E-state index in [1.54, 1.807) is 0 Å². The SMILES string of the molecule is C.C.C.C.CC.CC.CC1(C)Sc2ccccc2C2OC2C1(C)C.CC1c2ccccc2SC(C)(C)C(C)(C)C1O. The highest BCUT2D eigenvalue weighted by molar-refractivity contribution is 8.01. The van der Waals surface area contributed by atoms with Crippen molar-refractivity contribution in [3.8, 4) is 0 Å². The number of benzene rings is 2. The van der Waals surface area contributed by atoms with Crippen LogP contribution in [0.2, 0.25) is 0 Å². The van der Waals surface area contributed by atoms with Gasteiger partial charge in [-0.15, -0.1) is 23.5 Å². The van der Waals surface area contributed by atoms with Gasteiger partial charge in [-0.05, 0) is 51.0 Å². The van der Waals surface area contributed by atoms with Gasteiger partial charge >= 0.3 is 0 Å². The first-order valence-electron chi connectivity index (χ1n) is 14.1. The van der Waals surface area contributed by atoms with Crippen LogP contribution in [0.3, 0.4) is 0 Å². The Balaban J connectivity index is -0.000000578. The summed E-state index contributed by atoms with van der Waals surface area (Å²) < 4.78 is 6.15. The molecule has 4 unspecified atom stereocenters. The minimum atomic E-state index is -0.311. The van der Waals surface area contributed by atoms with E-state index in [9.17, 15) is 5.11 Å². The van der Waals surface area contributed by atoms with Crippen molar-refractivity contribution in [1.29, 1.82) is 0 Å². The lowest BCUT2D eigenvalue weighted by Crippen LogP contribution is -2.46. The molecule has 2 aromatic rings. The van der Waals surface area contributed by atoms with E-state index in [2.05, 4.69) is 111 Å². The lowest BCUT2D eigenvalue weighted by atomic mass is 9.70. The van der Waals surface area contributed by atoms with Crippen LogP contribution >= 0.6 is 23.5 Å². The van der Waals surface area contributed by atoms with Crippen molar-refractivity contribution in [3.05, 3.63) is 59.7 Å². The Morgan fingerprint density at radius 3 is 1.44 bits per heavy atom. The van der Waals surface area contributed by atoms with Gasteiger partial charge in [-0.1, -0.05) is 128 Å². The lowest BCUT2D eigenvalue weighted by molar-refractivity contribution is 0.0138. The fourth-order valence-electron chi connectivity index (χ4n) is 4.96. The van der Waals surface area contributed by atoms with Crippen LogP contribution in [0, 0.1) is 10.8 Å². The summed E-state index contributed by atoms with van der Waals surface area (Å²) in [5.74, 6) is 0.190. The Morgan fingerprint density at radius 2 is 0.976 bits per heavy atom. The van der Waals surface area contributed by atoms with Gasteiger partial charge in [0.2, 0.25) is 0 Å². The molecule has 0 saturated carbocycles. The molecule has 3 aliphatic heterocycles. The van der Waals surface area contributed by atoms with Gasteiger partial charge in [-0.2, -0.15) is 0 Å². The Morgan fingerprint density at radius 1 is 0.610 bits per heavy atom. The zero-order valence-electron chi connectivity index (χ0n) is 25.6. The number of aliphatic hydroxyl groups excluding tert-OH is 1. The predicted octanol–water partition coefficient (Wildman–Crippen LogP) is 12.7. The smallest absolute Gasteiger partial charge is 0.111 e. The molecule has 0 radical (unpaired) electrons. The zero-order valence-corrected chi connectivity index (χ0v) is 27.2. The quantitative estimate of drug-likeness (QED) is 0.302. The third-order valence-corrected chi connectivity index (χ3v) is 12.1. The number of hydrogen-bond donors (Lipinski definition) is 1. The van der Waals surface area contributed by atoms with Crippen LogP contribution in [-0.2, 0) is 4.74 Å². The summed E-state index contributed by atoms with van der Waals surface area (Å²) in [7, 11) is 0. The maximum Gasteiger partial charge on any atom is 0.111 e. The molecule has 0 bridgehead atoms. The summed E-state index contributed by atoms with van der Waals surface area (Å²) >= 11 is 3.89. The number of epoxide rings is 1. The molecule has 4 heteroatoms. The molecule has 1 N–H and O–H groups in total. The van der Waals surface area contributed by atoms with Crippen LogP contribution < -0.4 is 0 Å². The van der Waals surface area contributed by atoms with Crippen LogP contribution in [0.1, 0.15) is 143 Å². The first kappa shape index (κ1) is 44.5. The molecule has 4 atom stereocenters. The second-order valence-electron chi connectivity index (χ2n) is 12.0. The molecule has 1 fully saturated rings. The molecule has 0 aliphatic carbocycles. The van der Waals surface area contributed by atoms with Crippen molar-refractivity contribution in [1.82, 2.24) is 0 Å². The fourth-order valence-corrected chi connectivity index (χ4v) is 7.79. The van der Waals surface area contributed by atoms with E-state index in [0.717, 1.165) is 0 Å². The third kappa shape index (κ3) is 8.58. The zero-order chi connectivity index (χ0) is 28.4. The average Bonchev–Trinajstić information content (AvgIpc) is 3.68. The van der Waals surface area contributed by atoms with Crippen molar-refractivity contribution in [2.24, 2.45) is 10.8 Å². The number of fused-ring (bicyclic) bond motifs is 4. The highest BCUT2D eigenvalue weighted by Gasteiger charge is 2.59. The average molecular weight is 609 g/mol. The van der Waals surface area contributed by atoms with Gasteiger partial charge in [0.1, 0.15) is 6.10 Å². The second kappa shape index (κ2) is 16.8. The summed E-state index contributed by atoms with van der Waals surface area (Å²) in [4.78, 5) is 2.71. The topological polar surface area (TPSA) is 32.8 Å². The van der Waals surface area contributed by atoms with E-state index in [0.29, 0.717) is 12.2 Å². The maximum atomic E-state index is 10.7. The molecule has 240 valence electrons. The number of hydrogen-bond acceptors (Lipinski definition) is 4. The molecule has 2 nitrogen and oxygen atoms in total. The predicted molar refractivity (Wildman–Crippen MR) is 192 cm³/mol. The van der Waals surface area contributed by atoms with E-state index in [1.807, 2.05) is 51.2 Å². The molecule has 5 rings (SSSR count). The number of ether oxygens (including phenoxy) is 1. The first-order chi connectivity index (χ1) is 17.2. The van der Waals surface area contributed by atoms with Crippen molar-refractivity contribution in [2.75, 3.05) is 0 Å². The molecule has 2 aromatic carbocycles. The Kier molecular flexibility index (Phi) is 18.2. The molecule has 0 amide bonds. The van der Waals surface area contributed by atoms with Gasteiger partial charge in [0.15, 0.2) is 0 Å². The number of aliphatic hydroxyl groups is 1. The van der Waals surface area contributed by atoms with Gasteiger partial charge in [0.25, 0.3) is 0 Å². The van der Waals surface area contributed by atoms with Crippen molar-refractivity contribution >= 4 is 23.5 Å². The Bertz CT molecular complexity index is 1030. The van der Waals surface area contributed by atoms with E-state index >= 15 is 0 Å². The van der Waals surface area contributed by atoms with Crippen molar-refractivity contribution in [2.45, 2.75) is 163 Å². The van der Waals surface area contributed by atoms with Crippen LogP contribution in [0.15, 0.2) is 58.3 Å². The summed E-state index contributed by atoms with van der Waals surface area (Å²) in [6, 6.07) is 17.1. The molecule has 41 heavy (non-hydrogen) atoms. The standard InChI is InChI=1S/C15H22OS.C14H18OS.2C2H6.4CH4/c1-10-11-8-6-7-9-12(11)17-15(4,5)14(2,3)13(10)16;1-13(2)12-11(15-12)9-7-5-6-8-10(9)16-14(13,3)4;2*1-2;;;;/h6-10,13,16H,1-5H3;5-8,11-12H,1-4H3;2*1-2H3;4*1H4. The normalized spacial score (nSPS) is 26.0. The fraction of sp³-hybridized carbons (Fsp3) is 0.676. The van der Waals surface area contributed by atoms with Gasteiger partial charge < -0.3 is 9.84 Å². The first-order valence-corrected chi connectivity index (χ1v) is 15.7. The van der Waals surface area contributed by atoms with Gasteiger partial charge in [0.05, 0.1) is 12.2 Å². The summed E-state index contributed by atoms with van der Waals surface area (Å²) in [6.45, 7) is 28.3. The minimum absolute atomic E-state index is 0. The summed E-state index contributed by atoms with van der Waals surface area (Å²) in [5, 5.41) is 10.7. The summed E-state index contributed by atoms with van der Waals surface area (Å²) in [5.41, 5.74) is 2.76. The molecule has 1 saturated heterocycles. The van der Waals surface area contributed by atoms with Gasteiger partial charge in [0, 0.05) is 36.0 Å². The van der Waals surface area contributed by atoms with Crippen LogP contribution in [0.5, 0.6) is 0 Å². The molecule has 3 aliphatic rings. The minimum Gasteiger partial charge on any atom is -0.392 e. The Hall–Kier alpha value is -0.940. The van der Waals surface area contributed by atoms with Crippen LogP contribution in [0.4, 0.5) is 0 Å². The van der Waals surface area contributed by atoms with E-state index < -0.39 is 0 Å². The highest BCUT2D eigenvalue weighted by atomic mass is 32.2. The highest BCUT2D eigenvalue weighted by Crippen LogP contribution is 2.62. The lowest BCUT2D eigenvalue weighted by Gasteiger charge is -2.43. The molecular formula is C37H68O2S2. The maximum absolute atomic E-state index is 10.7. The summed E-state index contributed by atoms with van der Waals surface area (Å²) in [6.07, 6.45) is 0.410. The van der Waals surface area contributed by atoms with E-state index in [4.69, 9.17) is 4.74 Å². The van der Waals surface area contributed by atoms with Gasteiger partial charge in [-0.3, -0.25) is 0 Å².